The zero-order valence-electron chi connectivity index (χ0n) is 13.6. The number of Topliss-reactive ketones (excluding diaryl/α,β-unsaturated/α-hetero) is 1. The maximum atomic E-state index is 12.6. The Bertz CT molecular complexity index is 818. The van der Waals surface area contributed by atoms with Crippen LogP contribution in [-0.4, -0.2) is 20.0 Å². The summed E-state index contributed by atoms with van der Waals surface area (Å²) in [7, 11) is 3.08. The SMILES string of the molecule is COc1cc(OC)c2c(c1)O/C(=C\c1ccc(C)cc1C)C2=O. The summed E-state index contributed by atoms with van der Waals surface area (Å²) >= 11 is 0. The zero-order valence-corrected chi connectivity index (χ0v) is 13.6. The van der Waals surface area contributed by atoms with E-state index < -0.39 is 0 Å². The van der Waals surface area contributed by atoms with Gasteiger partial charge in [0.2, 0.25) is 5.78 Å². The molecule has 118 valence electrons. The molecule has 0 fully saturated rings. The molecule has 2 aromatic rings. The number of hydrogen-bond donors (Lipinski definition) is 0. The van der Waals surface area contributed by atoms with Crippen LogP contribution in [0.4, 0.5) is 0 Å². The standard InChI is InChI=1S/C19H18O4/c1-11-5-6-13(12(2)7-11)8-17-19(20)18-15(22-4)9-14(21-3)10-16(18)23-17/h5-10H,1-4H3/b17-8-. The lowest BCUT2D eigenvalue weighted by molar-refractivity contribution is 0.101. The maximum Gasteiger partial charge on any atom is 0.235 e. The van der Waals surface area contributed by atoms with Gasteiger partial charge in [-0.15, -0.1) is 0 Å². The molecule has 4 heteroatoms. The van der Waals surface area contributed by atoms with Gasteiger partial charge in [-0.05, 0) is 31.1 Å². The fraction of sp³-hybridized carbons (Fsp3) is 0.211. The van der Waals surface area contributed by atoms with Gasteiger partial charge >= 0.3 is 0 Å². The molecule has 1 aliphatic rings. The van der Waals surface area contributed by atoms with Crippen molar-refractivity contribution in [1.29, 1.82) is 0 Å². The number of rotatable bonds is 3. The smallest absolute Gasteiger partial charge is 0.235 e. The van der Waals surface area contributed by atoms with Crippen LogP contribution in [0.15, 0.2) is 36.1 Å². The summed E-state index contributed by atoms with van der Waals surface area (Å²) in [5.41, 5.74) is 3.66. The maximum absolute atomic E-state index is 12.6. The molecule has 0 spiro atoms. The Morgan fingerprint density at radius 2 is 1.83 bits per heavy atom. The Hall–Kier alpha value is -2.75. The first-order chi connectivity index (χ1) is 11.0. The highest BCUT2D eigenvalue weighted by Gasteiger charge is 2.32. The molecule has 0 atom stereocenters. The Morgan fingerprint density at radius 1 is 1.04 bits per heavy atom. The first kappa shape index (κ1) is 15.2. The van der Waals surface area contributed by atoms with E-state index in [1.807, 2.05) is 26.0 Å². The van der Waals surface area contributed by atoms with Gasteiger partial charge in [-0.1, -0.05) is 23.8 Å². The third-order valence-electron chi connectivity index (χ3n) is 3.88. The third kappa shape index (κ3) is 2.68. The summed E-state index contributed by atoms with van der Waals surface area (Å²) in [5.74, 6) is 1.61. The molecule has 3 rings (SSSR count). The highest BCUT2D eigenvalue weighted by Crippen LogP contribution is 2.41. The summed E-state index contributed by atoms with van der Waals surface area (Å²) in [6.45, 7) is 4.05. The van der Waals surface area contributed by atoms with Crippen molar-refractivity contribution in [2.45, 2.75) is 13.8 Å². The summed E-state index contributed by atoms with van der Waals surface area (Å²) in [4.78, 5) is 12.6. The van der Waals surface area contributed by atoms with E-state index >= 15 is 0 Å². The molecule has 0 unspecified atom stereocenters. The van der Waals surface area contributed by atoms with Crippen molar-refractivity contribution < 1.29 is 19.0 Å². The molecular formula is C19H18O4. The third-order valence-corrected chi connectivity index (χ3v) is 3.88. The summed E-state index contributed by atoms with van der Waals surface area (Å²) < 4.78 is 16.3. The molecule has 0 radical (unpaired) electrons. The number of allylic oxidation sites excluding steroid dienone is 1. The second-order valence-electron chi connectivity index (χ2n) is 5.50. The number of carbonyl (C=O) groups is 1. The van der Waals surface area contributed by atoms with E-state index in [2.05, 4.69) is 6.07 Å². The molecule has 0 bridgehead atoms. The number of aryl methyl sites for hydroxylation is 2. The van der Waals surface area contributed by atoms with Crippen molar-refractivity contribution in [3.05, 3.63) is 58.3 Å². The van der Waals surface area contributed by atoms with Gasteiger partial charge in [0.05, 0.1) is 14.2 Å². The number of hydrogen-bond acceptors (Lipinski definition) is 4. The Labute approximate surface area is 135 Å². The van der Waals surface area contributed by atoms with Crippen molar-refractivity contribution >= 4 is 11.9 Å². The first-order valence-corrected chi connectivity index (χ1v) is 7.31. The first-order valence-electron chi connectivity index (χ1n) is 7.31. The van der Waals surface area contributed by atoms with E-state index in [0.29, 0.717) is 28.6 Å². The van der Waals surface area contributed by atoms with Gasteiger partial charge in [-0.3, -0.25) is 4.79 Å². The fourth-order valence-corrected chi connectivity index (χ4v) is 2.66. The van der Waals surface area contributed by atoms with Crippen molar-refractivity contribution in [3.8, 4) is 17.2 Å². The average Bonchev–Trinajstić information content (AvgIpc) is 2.85. The van der Waals surface area contributed by atoms with Crippen molar-refractivity contribution in [2.24, 2.45) is 0 Å². The van der Waals surface area contributed by atoms with Crippen LogP contribution >= 0.6 is 0 Å². The fourth-order valence-electron chi connectivity index (χ4n) is 2.66. The van der Waals surface area contributed by atoms with Crippen molar-refractivity contribution in [1.82, 2.24) is 0 Å². The summed E-state index contributed by atoms with van der Waals surface area (Å²) in [6, 6.07) is 9.44. The molecular weight excluding hydrogens is 292 g/mol. The second-order valence-corrected chi connectivity index (χ2v) is 5.50. The predicted octanol–water partition coefficient (Wildman–Crippen LogP) is 3.94. The van der Waals surface area contributed by atoms with Crippen LogP contribution in [0.5, 0.6) is 17.2 Å². The molecule has 0 amide bonds. The van der Waals surface area contributed by atoms with Crippen LogP contribution in [0.25, 0.3) is 6.08 Å². The van der Waals surface area contributed by atoms with Gasteiger partial charge in [0.25, 0.3) is 0 Å². The van der Waals surface area contributed by atoms with Crippen LogP contribution in [0.1, 0.15) is 27.0 Å². The lowest BCUT2D eigenvalue weighted by Crippen LogP contribution is -2.00. The van der Waals surface area contributed by atoms with E-state index in [9.17, 15) is 4.79 Å². The van der Waals surface area contributed by atoms with Gasteiger partial charge in [-0.2, -0.15) is 0 Å². The minimum absolute atomic E-state index is 0.181. The van der Waals surface area contributed by atoms with Crippen LogP contribution in [0, 0.1) is 13.8 Å². The lowest BCUT2D eigenvalue weighted by atomic mass is 10.0. The summed E-state index contributed by atoms with van der Waals surface area (Å²) in [5, 5.41) is 0. The van der Waals surface area contributed by atoms with Crippen LogP contribution in [-0.2, 0) is 0 Å². The number of fused-ring (bicyclic) bond motifs is 1. The minimum atomic E-state index is -0.181. The number of methoxy groups -OCH3 is 2. The molecule has 1 aliphatic heterocycles. The van der Waals surface area contributed by atoms with Gasteiger partial charge in [-0.25, -0.2) is 0 Å². The van der Waals surface area contributed by atoms with E-state index in [-0.39, 0.29) is 5.78 Å². The highest BCUT2D eigenvalue weighted by molar-refractivity contribution is 6.16. The van der Waals surface area contributed by atoms with Crippen LogP contribution in [0.3, 0.4) is 0 Å². The monoisotopic (exact) mass is 310 g/mol. The van der Waals surface area contributed by atoms with Crippen molar-refractivity contribution in [2.75, 3.05) is 14.2 Å². The molecule has 0 saturated carbocycles. The number of carbonyl (C=O) groups excluding carboxylic acids is 1. The molecule has 0 aromatic heterocycles. The van der Waals surface area contributed by atoms with Crippen molar-refractivity contribution in [3.63, 3.8) is 0 Å². The normalized spacial score (nSPS) is 14.6. The zero-order chi connectivity index (χ0) is 16.6. The van der Waals surface area contributed by atoms with Gasteiger partial charge < -0.3 is 14.2 Å². The lowest BCUT2D eigenvalue weighted by Gasteiger charge is -2.07. The predicted molar refractivity (Wildman–Crippen MR) is 88.4 cm³/mol. The molecule has 1 heterocycles. The van der Waals surface area contributed by atoms with E-state index in [4.69, 9.17) is 14.2 Å². The van der Waals surface area contributed by atoms with Crippen LogP contribution < -0.4 is 14.2 Å². The number of benzene rings is 2. The van der Waals surface area contributed by atoms with Crippen LogP contribution in [0.2, 0.25) is 0 Å². The number of ketones is 1. The topological polar surface area (TPSA) is 44.8 Å². The largest absolute Gasteiger partial charge is 0.496 e. The summed E-state index contributed by atoms with van der Waals surface area (Å²) in [6.07, 6.45) is 1.77. The van der Waals surface area contributed by atoms with E-state index in [1.165, 1.54) is 12.7 Å². The average molecular weight is 310 g/mol. The van der Waals surface area contributed by atoms with Gasteiger partial charge in [0.15, 0.2) is 5.76 Å². The van der Waals surface area contributed by atoms with E-state index in [1.54, 1.807) is 25.3 Å². The molecule has 0 aliphatic carbocycles. The molecule has 0 saturated heterocycles. The Morgan fingerprint density at radius 3 is 2.48 bits per heavy atom. The Kier molecular flexibility index (Phi) is 3.82. The highest BCUT2D eigenvalue weighted by atomic mass is 16.5. The van der Waals surface area contributed by atoms with E-state index in [0.717, 1.165) is 11.1 Å². The van der Waals surface area contributed by atoms with Gasteiger partial charge in [0.1, 0.15) is 22.8 Å². The minimum Gasteiger partial charge on any atom is -0.496 e. The number of ether oxygens (including phenoxy) is 3. The molecule has 4 nitrogen and oxygen atoms in total. The molecule has 2 aromatic carbocycles. The molecule has 0 N–H and O–H groups in total. The molecule has 23 heavy (non-hydrogen) atoms. The second kappa shape index (κ2) is 5.80. The quantitative estimate of drug-likeness (QED) is 0.806. The van der Waals surface area contributed by atoms with Gasteiger partial charge in [0, 0.05) is 12.1 Å². The Balaban J connectivity index is 2.05.